The highest BCUT2D eigenvalue weighted by Gasteiger charge is 2.91. The van der Waals surface area contributed by atoms with Crippen molar-refractivity contribution in [1.29, 1.82) is 0 Å². The quantitative estimate of drug-likeness (QED) is 0.654. The van der Waals surface area contributed by atoms with E-state index in [-0.39, 0.29) is 17.9 Å². The average Bonchev–Trinajstić information content (AvgIpc) is 3.52. The highest BCUT2D eigenvalue weighted by molar-refractivity contribution is 5.90. The number of hydrogen-bond donors (Lipinski definition) is 0. The number of benzene rings is 2. The van der Waals surface area contributed by atoms with E-state index in [0.717, 1.165) is 23.2 Å². The van der Waals surface area contributed by atoms with E-state index in [9.17, 15) is 9.59 Å². The maximum absolute atomic E-state index is 13.8. The first-order chi connectivity index (χ1) is 16.5. The summed E-state index contributed by atoms with van der Waals surface area (Å²) in [5.74, 6) is -0.435. The van der Waals surface area contributed by atoms with E-state index in [1.165, 1.54) is 7.11 Å². The van der Waals surface area contributed by atoms with Crippen LogP contribution in [0.15, 0.2) is 54.6 Å². The minimum absolute atomic E-state index is 0.100. The molecule has 0 unspecified atom stereocenters. The maximum atomic E-state index is 13.8. The largest absolute Gasteiger partial charge is 0.467 e. The van der Waals surface area contributed by atoms with Gasteiger partial charge in [0.2, 0.25) is 11.5 Å². The Morgan fingerprint density at radius 3 is 2.71 bits per heavy atom. The van der Waals surface area contributed by atoms with Crippen LogP contribution in [0.5, 0.6) is 0 Å². The molecular weight excluding hydrogens is 432 g/mol. The third kappa shape index (κ3) is 2.00. The number of amides is 1. The molecule has 0 N–H and O–H groups in total. The van der Waals surface area contributed by atoms with Gasteiger partial charge in [0.05, 0.1) is 25.2 Å². The van der Waals surface area contributed by atoms with E-state index in [0.29, 0.717) is 26.0 Å². The standard InChI is InChI=1S/C27H28N2O5/c1-28-20-11-7-6-10-18(20)25-14-15-29-21(30)13-12-19-22(33-16-17-8-4-3-5-9-17)26(23(25)28,24(31)32-2)34-27(19,25)29/h3-11,19,22-23H,12-16H2,1-2H3/t19-,22+,23+,25-,26+,27-/m0/s1. The molecule has 2 spiro atoms. The zero-order valence-electron chi connectivity index (χ0n) is 19.4. The second-order valence-corrected chi connectivity index (χ2v) is 10.2. The molecule has 0 aromatic heterocycles. The number of anilines is 1. The molecule has 0 saturated carbocycles. The molecule has 6 atom stereocenters. The molecule has 4 fully saturated rings. The predicted octanol–water partition coefficient (Wildman–Crippen LogP) is 2.62. The van der Waals surface area contributed by atoms with Gasteiger partial charge in [0.15, 0.2) is 5.72 Å². The van der Waals surface area contributed by atoms with Crippen LogP contribution in [0.1, 0.15) is 30.4 Å². The third-order valence-corrected chi connectivity index (χ3v) is 9.16. The Morgan fingerprint density at radius 1 is 1.15 bits per heavy atom. The Balaban J connectivity index is 1.45. The fourth-order valence-electron chi connectivity index (χ4n) is 8.25. The summed E-state index contributed by atoms with van der Waals surface area (Å²) in [6.45, 7) is 0.987. The number of para-hydroxylation sites is 1. The van der Waals surface area contributed by atoms with E-state index in [1.54, 1.807) is 0 Å². The van der Waals surface area contributed by atoms with Crippen molar-refractivity contribution in [3.63, 3.8) is 0 Å². The van der Waals surface area contributed by atoms with Crippen molar-refractivity contribution in [1.82, 2.24) is 4.90 Å². The van der Waals surface area contributed by atoms with Crippen LogP contribution in [0.25, 0.3) is 0 Å². The van der Waals surface area contributed by atoms with Gasteiger partial charge in [0.25, 0.3) is 0 Å². The first kappa shape index (κ1) is 20.5. The zero-order valence-corrected chi connectivity index (χ0v) is 19.4. The Kier molecular flexibility index (Phi) is 3.98. The van der Waals surface area contributed by atoms with E-state index in [4.69, 9.17) is 14.2 Å². The molecule has 0 radical (unpaired) electrons. The van der Waals surface area contributed by atoms with Crippen molar-refractivity contribution in [2.45, 2.75) is 54.8 Å². The number of nitrogens with zero attached hydrogens (tertiary/aromatic N) is 2. The molecule has 7 rings (SSSR count). The van der Waals surface area contributed by atoms with Crippen LogP contribution in [0, 0.1) is 5.92 Å². The van der Waals surface area contributed by atoms with Gasteiger partial charge < -0.3 is 24.0 Å². The lowest BCUT2D eigenvalue weighted by Crippen LogP contribution is -2.72. The first-order valence-corrected chi connectivity index (χ1v) is 12.1. The number of carbonyl (C=O) groups excluding carboxylic acids is 2. The summed E-state index contributed by atoms with van der Waals surface area (Å²) < 4.78 is 19.1. The number of carbonyl (C=O) groups is 2. The predicted molar refractivity (Wildman–Crippen MR) is 123 cm³/mol. The van der Waals surface area contributed by atoms with Crippen LogP contribution in [0.4, 0.5) is 5.69 Å². The Hall–Kier alpha value is -2.90. The summed E-state index contributed by atoms with van der Waals surface area (Å²) in [7, 11) is 3.44. The number of hydrogen-bond acceptors (Lipinski definition) is 6. The van der Waals surface area contributed by atoms with Gasteiger partial charge in [-0.3, -0.25) is 4.79 Å². The van der Waals surface area contributed by atoms with Gasteiger partial charge in [0, 0.05) is 31.6 Å². The van der Waals surface area contributed by atoms with Crippen LogP contribution < -0.4 is 4.90 Å². The number of fused-ring (bicyclic) bond motifs is 3. The van der Waals surface area contributed by atoms with Crippen LogP contribution in [0.3, 0.4) is 0 Å². The minimum Gasteiger partial charge on any atom is -0.467 e. The van der Waals surface area contributed by atoms with Crippen molar-refractivity contribution >= 4 is 17.6 Å². The molecule has 0 aliphatic carbocycles. The smallest absolute Gasteiger partial charge is 0.343 e. The van der Waals surface area contributed by atoms with Gasteiger partial charge in [-0.2, -0.15) is 0 Å². The fourth-order valence-corrected chi connectivity index (χ4v) is 8.25. The van der Waals surface area contributed by atoms with Crippen molar-refractivity contribution in [2.24, 2.45) is 5.92 Å². The van der Waals surface area contributed by atoms with Gasteiger partial charge in [-0.15, -0.1) is 0 Å². The highest BCUT2D eigenvalue weighted by Crippen LogP contribution is 2.75. The average molecular weight is 461 g/mol. The van der Waals surface area contributed by atoms with Crippen molar-refractivity contribution in [2.75, 3.05) is 25.6 Å². The van der Waals surface area contributed by atoms with E-state index < -0.39 is 28.8 Å². The highest BCUT2D eigenvalue weighted by atomic mass is 16.6. The molecule has 2 bridgehead atoms. The molecule has 34 heavy (non-hydrogen) atoms. The number of ether oxygens (including phenoxy) is 3. The topological polar surface area (TPSA) is 68.3 Å². The second kappa shape index (κ2) is 6.61. The van der Waals surface area contributed by atoms with Crippen LogP contribution in [-0.2, 0) is 35.8 Å². The lowest BCUT2D eigenvalue weighted by atomic mass is 9.55. The second-order valence-electron chi connectivity index (χ2n) is 10.2. The van der Waals surface area contributed by atoms with E-state index >= 15 is 0 Å². The summed E-state index contributed by atoms with van der Waals surface area (Å²) in [6.07, 6.45) is 1.30. The lowest BCUT2D eigenvalue weighted by Gasteiger charge is -2.53. The van der Waals surface area contributed by atoms with Gasteiger partial charge >= 0.3 is 5.97 Å². The molecule has 5 heterocycles. The molecule has 1 amide bonds. The van der Waals surface area contributed by atoms with Gasteiger partial charge in [-0.25, -0.2) is 4.79 Å². The van der Waals surface area contributed by atoms with Crippen molar-refractivity contribution < 1.29 is 23.8 Å². The fraction of sp³-hybridized carbons (Fsp3) is 0.481. The number of piperidine rings is 1. The summed E-state index contributed by atoms with van der Waals surface area (Å²) in [6, 6.07) is 18.0. The zero-order chi connectivity index (χ0) is 23.3. The van der Waals surface area contributed by atoms with Gasteiger partial charge in [-0.05, 0) is 30.0 Å². The summed E-state index contributed by atoms with van der Waals surface area (Å²) >= 11 is 0. The Morgan fingerprint density at radius 2 is 1.91 bits per heavy atom. The van der Waals surface area contributed by atoms with Crippen LogP contribution >= 0.6 is 0 Å². The van der Waals surface area contributed by atoms with Crippen LogP contribution in [-0.4, -0.2) is 61.0 Å². The number of likely N-dealkylation sites (N-methyl/N-ethyl adjacent to an activating group) is 1. The number of rotatable bonds is 4. The molecule has 7 heteroatoms. The molecular formula is C27H28N2O5. The number of methoxy groups -OCH3 is 1. The minimum atomic E-state index is -1.33. The van der Waals surface area contributed by atoms with E-state index in [2.05, 4.69) is 17.0 Å². The molecule has 7 nitrogen and oxygen atoms in total. The maximum Gasteiger partial charge on any atom is 0.343 e. The normalized spacial score (nSPS) is 38.6. The third-order valence-electron chi connectivity index (χ3n) is 9.16. The Labute approximate surface area is 198 Å². The molecule has 5 aliphatic heterocycles. The van der Waals surface area contributed by atoms with Gasteiger partial charge in [-0.1, -0.05) is 48.5 Å². The summed E-state index contributed by atoms with van der Waals surface area (Å²) in [4.78, 5) is 31.2. The molecule has 4 saturated heterocycles. The number of esters is 1. The van der Waals surface area contributed by atoms with Crippen molar-refractivity contribution in [3.05, 3.63) is 65.7 Å². The summed E-state index contributed by atoms with van der Waals surface area (Å²) in [5, 5.41) is 0. The van der Waals surface area contributed by atoms with E-state index in [1.807, 2.05) is 54.4 Å². The molecule has 176 valence electrons. The first-order valence-electron chi connectivity index (χ1n) is 12.1. The van der Waals surface area contributed by atoms with Crippen molar-refractivity contribution in [3.8, 4) is 0 Å². The molecule has 5 aliphatic rings. The van der Waals surface area contributed by atoms with Crippen LogP contribution in [0.2, 0.25) is 0 Å². The molecule has 2 aromatic carbocycles. The molecule has 2 aromatic rings. The summed E-state index contributed by atoms with van der Waals surface area (Å²) in [5.41, 5.74) is 0.546. The lowest BCUT2D eigenvalue weighted by molar-refractivity contribution is -0.196. The Bertz CT molecular complexity index is 1200. The van der Waals surface area contributed by atoms with Gasteiger partial charge in [0.1, 0.15) is 6.10 Å². The monoisotopic (exact) mass is 460 g/mol. The SMILES string of the molecule is COC(=O)[C@]12O[C@]34[C@@H](CCC(=O)N3CC[C@@]43c4ccccc4N(C)[C@@H]13)[C@H]2OCc1ccccc1.